The van der Waals surface area contributed by atoms with E-state index in [2.05, 4.69) is 45.2 Å². The van der Waals surface area contributed by atoms with Crippen molar-refractivity contribution in [3.8, 4) is 5.75 Å². The van der Waals surface area contributed by atoms with Crippen molar-refractivity contribution in [3.63, 3.8) is 0 Å². The summed E-state index contributed by atoms with van der Waals surface area (Å²) in [5, 5.41) is 9.51. The topological polar surface area (TPSA) is 63.3 Å². The number of hydrogen-bond donors (Lipinski definition) is 2. The summed E-state index contributed by atoms with van der Waals surface area (Å²) in [6.07, 6.45) is 1.24. The second-order valence-electron chi connectivity index (χ2n) is 2.91. The van der Waals surface area contributed by atoms with E-state index < -0.39 is 6.04 Å². The fourth-order valence-corrected chi connectivity index (χ4v) is 2.95. The molecule has 0 saturated carbocycles. The number of aromatic hydroxyl groups is 1. The molecule has 0 spiro atoms. The van der Waals surface area contributed by atoms with E-state index in [4.69, 9.17) is 5.73 Å². The molecule has 0 aliphatic carbocycles. The first-order chi connectivity index (χ1) is 6.54. The number of nitrogens with two attached hydrogens (primary N) is 1. The van der Waals surface area contributed by atoms with E-state index in [1.54, 1.807) is 0 Å². The highest BCUT2D eigenvalue weighted by Crippen LogP contribution is 2.27. The van der Waals surface area contributed by atoms with Crippen LogP contribution in [0.3, 0.4) is 0 Å². The van der Waals surface area contributed by atoms with Crippen molar-refractivity contribution < 1.29 is 9.90 Å². The Morgan fingerprint density at radius 2 is 1.93 bits per heavy atom. The van der Waals surface area contributed by atoms with Crippen molar-refractivity contribution in [1.82, 2.24) is 0 Å². The Kier molecular flexibility index (Phi) is 4.58. The highest BCUT2D eigenvalue weighted by Gasteiger charge is 2.08. The van der Waals surface area contributed by atoms with Crippen molar-refractivity contribution in [2.24, 2.45) is 5.73 Å². The minimum Gasteiger partial charge on any atom is -0.506 e. The lowest BCUT2D eigenvalue weighted by Gasteiger charge is -2.07. The van der Waals surface area contributed by atoms with Gasteiger partial charge < -0.3 is 15.6 Å². The van der Waals surface area contributed by atoms with Gasteiger partial charge in [0.05, 0.1) is 13.2 Å². The molecule has 76 valence electrons. The average Bonchev–Trinajstić information content (AvgIpc) is 2.14. The van der Waals surface area contributed by atoms with Crippen LogP contribution in [0.15, 0.2) is 12.1 Å². The van der Waals surface area contributed by atoms with Gasteiger partial charge in [-0.3, -0.25) is 0 Å². The molecule has 3 N–H and O–H groups in total. The predicted molar refractivity (Wildman–Crippen MR) is 71.3 cm³/mol. The van der Waals surface area contributed by atoms with Crippen molar-refractivity contribution in [1.29, 1.82) is 0 Å². The van der Waals surface area contributed by atoms with Gasteiger partial charge in [-0.25, -0.2) is 0 Å². The van der Waals surface area contributed by atoms with Gasteiger partial charge in [-0.2, -0.15) is 0 Å². The molecule has 1 aromatic carbocycles. The van der Waals surface area contributed by atoms with Crippen molar-refractivity contribution in [2.75, 3.05) is 0 Å². The Balaban J connectivity index is 2.95. The van der Waals surface area contributed by atoms with Gasteiger partial charge in [0.1, 0.15) is 12.0 Å². The first-order valence-electron chi connectivity index (χ1n) is 3.92. The van der Waals surface area contributed by atoms with E-state index in [0.717, 1.165) is 19.0 Å². The van der Waals surface area contributed by atoms with E-state index in [1.165, 1.54) is 0 Å². The lowest BCUT2D eigenvalue weighted by atomic mass is 10.1. The van der Waals surface area contributed by atoms with E-state index in [9.17, 15) is 9.90 Å². The van der Waals surface area contributed by atoms with Gasteiger partial charge in [0.2, 0.25) is 0 Å². The normalized spacial score (nSPS) is 12.5. The first-order valence-corrected chi connectivity index (χ1v) is 6.08. The molecule has 0 amide bonds. The lowest BCUT2D eigenvalue weighted by molar-refractivity contribution is -0.108. The van der Waals surface area contributed by atoms with Gasteiger partial charge in [0.15, 0.2) is 0 Å². The van der Waals surface area contributed by atoms with Gasteiger partial charge in [0, 0.05) is 0 Å². The Morgan fingerprint density at radius 1 is 1.43 bits per heavy atom. The molecular formula is C9H9I2NO2. The molecule has 0 radical (unpaired) electrons. The molecule has 1 aromatic rings. The zero-order chi connectivity index (χ0) is 10.7. The zero-order valence-corrected chi connectivity index (χ0v) is 11.5. The van der Waals surface area contributed by atoms with Gasteiger partial charge in [-0.1, -0.05) is 0 Å². The third-order valence-corrected chi connectivity index (χ3v) is 3.37. The molecule has 1 atom stereocenters. The molecule has 0 aliphatic rings. The van der Waals surface area contributed by atoms with Gasteiger partial charge in [0.25, 0.3) is 0 Å². The van der Waals surface area contributed by atoms with Crippen LogP contribution in [0.1, 0.15) is 5.56 Å². The average molecular weight is 417 g/mol. The Bertz CT molecular complexity index is 332. The third kappa shape index (κ3) is 3.06. The number of carbonyl (C=O) groups is 1. The lowest BCUT2D eigenvalue weighted by Crippen LogP contribution is -2.24. The molecule has 3 nitrogen and oxygen atoms in total. The molecule has 5 heteroatoms. The molecule has 14 heavy (non-hydrogen) atoms. The Hall–Kier alpha value is 0.110. The summed E-state index contributed by atoms with van der Waals surface area (Å²) < 4.78 is 1.56. The summed E-state index contributed by atoms with van der Waals surface area (Å²) in [4.78, 5) is 10.4. The second kappa shape index (κ2) is 5.26. The monoisotopic (exact) mass is 417 g/mol. The van der Waals surface area contributed by atoms with Crippen LogP contribution in [-0.4, -0.2) is 17.4 Å². The predicted octanol–water partition coefficient (Wildman–Crippen LogP) is 1.67. The Labute approximate surface area is 109 Å². The van der Waals surface area contributed by atoms with Gasteiger partial charge >= 0.3 is 0 Å². The smallest absolute Gasteiger partial charge is 0.142 e. The molecule has 1 rings (SSSR count). The first kappa shape index (κ1) is 12.2. The minimum absolute atomic E-state index is 0.287. The van der Waals surface area contributed by atoms with Crippen LogP contribution in [0, 0.1) is 7.14 Å². The highest BCUT2D eigenvalue weighted by molar-refractivity contribution is 14.1. The molecular weight excluding hydrogens is 408 g/mol. The fourth-order valence-electron chi connectivity index (χ4n) is 1.06. The third-order valence-electron chi connectivity index (χ3n) is 1.72. The molecule has 0 bridgehead atoms. The molecule has 0 heterocycles. The summed E-state index contributed by atoms with van der Waals surface area (Å²) in [5.41, 5.74) is 6.48. The highest BCUT2D eigenvalue weighted by atomic mass is 127. The van der Waals surface area contributed by atoms with Crippen LogP contribution in [-0.2, 0) is 11.2 Å². The summed E-state index contributed by atoms with van der Waals surface area (Å²) in [6.45, 7) is 0. The van der Waals surface area contributed by atoms with Crippen LogP contribution < -0.4 is 5.73 Å². The molecule has 0 fully saturated rings. The van der Waals surface area contributed by atoms with E-state index >= 15 is 0 Å². The maximum absolute atomic E-state index is 10.4. The van der Waals surface area contributed by atoms with Gasteiger partial charge in [-0.15, -0.1) is 0 Å². The van der Waals surface area contributed by atoms with E-state index in [0.29, 0.717) is 6.42 Å². The number of rotatable bonds is 3. The van der Waals surface area contributed by atoms with Crippen LogP contribution in [0.5, 0.6) is 5.75 Å². The second-order valence-corrected chi connectivity index (χ2v) is 5.24. The molecule has 1 unspecified atom stereocenters. The van der Waals surface area contributed by atoms with Crippen LogP contribution in [0.25, 0.3) is 0 Å². The number of phenols is 1. The quantitative estimate of drug-likeness (QED) is 0.582. The number of carbonyl (C=O) groups excluding carboxylic acids is 1. The zero-order valence-electron chi connectivity index (χ0n) is 7.21. The summed E-state index contributed by atoms with van der Waals surface area (Å²) in [7, 11) is 0. The number of phenolic OH excluding ortho intramolecular Hbond substituents is 1. The maximum atomic E-state index is 10.4. The van der Waals surface area contributed by atoms with Crippen molar-refractivity contribution >= 4 is 51.5 Å². The fraction of sp³-hybridized carbons (Fsp3) is 0.222. The standard InChI is InChI=1S/C9H9I2NO2/c10-7-2-5(1-6(12)4-13)3-8(11)9(7)14/h2-4,6,14H,1,12H2. The largest absolute Gasteiger partial charge is 0.506 e. The molecule has 0 aliphatic heterocycles. The minimum atomic E-state index is -0.467. The SMILES string of the molecule is NC(C=O)Cc1cc(I)c(O)c(I)c1. The number of hydrogen-bond acceptors (Lipinski definition) is 3. The van der Waals surface area contributed by atoms with Gasteiger partial charge in [-0.05, 0) is 69.3 Å². The summed E-state index contributed by atoms with van der Waals surface area (Å²) >= 11 is 4.10. The number of aldehydes is 1. The van der Waals surface area contributed by atoms with Crippen molar-refractivity contribution in [2.45, 2.75) is 12.5 Å². The number of benzene rings is 1. The van der Waals surface area contributed by atoms with E-state index in [-0.39, 0.29) is 5.75 Å². The van der Waals surface area contributed by atoms with Crippen LogP contribution in [0.2, 0.25) is 0 Å². The number of halogens is 2. The molecule has 0 aromatic heterocycles. The summed E-state index contributed by atoms with van der Waals surface area (Å²) in [6, 6.07) is 3.20. The van der Waals surface area contributed by atoms with Crippen LogP contribution in [0.4, 0.5) is 0 Å². The maximum Gasteiger partial charge on any atom is 0.142 e. The molecule has 0 saturated heterocycles. The van der Waals surface area contributed by atoms with E-state index in [1.807, 2.05) is 12.1 Å². The van der Waals surface area contributed by atoms with Crippen molar-refractivity contribution in [3.05, 3.63) is 24.8 Å². The summed E-state index contributed by atoms with van der Waals surface area (Å²) in [5.74, 6) is 0.287. The Morgan fingerprint density at radius 3 is 2.36 bits per heavy atom. The van der Waals surface area contributed by atoms with Crippen LogP contribution >= 0.6 is 45.2 Å².